The van der Waals surface area contributed by atoms with Gasteiger partial charge in [0.15, 0.2) is 0 Å². The molecule has 0 aromatic heterocycles. The van der Waals surface area contributed by atoms with Crippen molar-refractivity contribution in [3.8, 4) is 0 Å². The molecule has 0 radical (unpaired) electrons. The van der Waals surface area contributed by atoms with Crippen LogP contribution in [-0.2, 0) is 0 Å². The first-order chi connectivity index (χ1) is 5.38. The maximum absolute atomic E-state index is 4.08. The Morgan fingerprint density at radius 2 is 2.27 bits per heavy atom. The lowest BCUT2D eigenvalue weighted by Crippen LogP contribution is -2.02. The lowest BCUT2D eigenvalue weighted by Gasteiger charge is -1.96. The van der Waals surface area contributed by atoms with E-state index in [9.17, 15) is 0 Å². The Balaban J connectivity index is 2.71. The molecule has 0 atom stereocenters. The van der Waals surface area contributed by atoms with Crippen molar-refractivity contribution in [1.82, 2.24) is 5.32 Å². The van der Waals surface area contributed by atoms with Crippen molar-refractivity contribution in [2.24, 2.45) is 4.99 Å². The minimum Gasteiger partial charge on any atom is -0.385 e. The molecule has 0 saturated carbocycles. The molecule has 0 spiro atoms. The molecule has 2 heteroatoms. The number of aliphatic imine (C=N–C) groups is 1. The van der Waals surface area contributed by atoms with Gasteiger partial charge in [-0.2, -0.15) is 0 Å². The average Bonchev–Trinajstić information content (AvgIpc) is 2.47. The van der Waals surface area contributed by atoms with E-state index in [1.54, 1.807) is 6.21 Å². The topological polar surface area (TPSA) is 24.4 Å². The molecule has 0 unspecified atom stereocenters. The van der Waals surface area contributed by atoms with E-state index < -0.39 is 0 Å². The lowest BCUT2D eigenvalue weighted by molar-refractivity contribution is 0.913. The molecule has 1 heterocycles. The summed E-state index contributed by atoms with van der Waals surface area (Å²) >= 11 is 0. The summed E-state index contributed by atoms with van der Waals surface area (Å²) in [6.45, 7) is 5.01. The zero-order valence-corrected chi connectivity index (χ0v) is 7.09. The second-order valence-corrected chi connectivity index (χ2v) is 2.44. The van der Waals surface area contributed by atoms with E-state index in [1.165, 1.54) is 11.3 Å². The highest BCUT2D eigenvalue weighted by Crippen LogP contribution is 2.16. The molecule has 60 valence electrons. The SMILES string of the molecule is C\C=N/C=C1/CCN/C1=C/C. The van der Waals surface area contributed by atoms with Crippen molar-refractivity contribution in [3.63, 3.8) is 0 Å². The number of hydrogen-bond donors (Lipinski definition) is 1. The number of hydrogen-bond acceptors (Lipinski definition) is 2. The Bertz CT molecular complexity index is 212. The molecule has 1 fully saturated rings. The van der Waals surface area contributed by atoms with Gasteiger partial charge in [-0.05, 0) is 25.8 Å². The number of allylic oxidation sites excluding steroid dienone is 2. The van der Waals surface area contributed by atoms with Gasteiger partial charge in [-0.15, -0.1) is 0 Å². The normalized spacial score (nSPS) is 25.3. The molecule has 1 aliphatic rings. The smallest absolute Gasteiger partial charge is 0.0345 e. The van der Waals surface area contributed by atoms with Crippen LogP contribution in [0.5, 0.6) is 0 Å². The third-order valence-corrected chi connectivity index (χ3v) is 1.72. The van der Waals surface area contributed by atoms with Crippen LogP contribution in [0.1, 0.15) is 20.3 Å². The van der Waals surface area contributed by atoms with E-state index in [2.05, 4.69) is 16.4 Å². The van der Waals surface area contributed by atoms with Crippen LogP contribution in [0, 0.1) is 0 Å². The summed E-state index contributed by atoms with van der Waals surface area (Å²) in [6, 6.07) is 0. The van der Waals surface area contributed by atoms with Gasteiger partial charge in [0.1, 0.15) is 0 Å². The summed E-state index contributed by atoms with van der Waals surface area (Å²) in [7, 11) is 0. The molecule has 2 nitrogen and oxygen atoms in total. The highest BCUT2D eigenvalue weighted by Gasteiger charge is 2.09. The van der Waals surface area contributed by atoms with Crippen molar-refractivity contribution >= 4 is 6.21 Å². The largest absolute Gasteiger partial charge is 0.385 e. The Morgan fingerprint density at radius 1 is 1.45 bits per heavy atom. The van der Waals surface area contributed by atoms with Crippen LogP contribution in [0.15, 0.2) is 28.5 Å². The Morgan fingerprint density at radius 3 is 2.91 bits per heavy atom. The first kappa shape index (κ1) is 8.05. The van der Waals surface area contributed by atoms with Crippen LogP contribution in [0.4, 0.5) is 0 Å². The number of rotatable bonds is 1. The van der Waals surface area contributed by atoms with Crippen LogP contribution < -0.4 is 5.32 Å². The van der Waals surface area contributed by atoms with Crippen molar-refractivity contribution in [1.29, 1.82) is 0 Å². The quantitative estimate of drug-likeness (QED) is 0.567. The van der Waals surface area contributed by atoms with Crippen molar-refractivity contribution in [2.45, 2.75) is 20.3 Å². The summed E-state index contributed by atoms with van der Waals surface area (Å²) in [6.07, 6.45) is 6.91. The molecule has 1 N–H and O–H groups in total. The van der Waals surface area contributed by atoms with Gasteiger partial charge in [0.2, 0.25) is 0 Å². The summed E-state index contributed by atoms with van der Waals surface area (Å²) in [4.78, 5) is 4.08. The number of nitrogens with one attached hydrogen (secondary N) is 1. The van der Waals surface area contributed by atoms with E-state index >= 15 is 0 Å². The van der Waals surface area contributed by atoms with Crippen LogP contribution in [0.25, 0.3) is 0 Å². The molecule has 0 aromatic carbocycles. The maximum Gasteiger partial charge on any atom is 0.0345 e. The first-order valence-electron chi connectivity index (χ1n) is 3.96. The second-order valence-electron chi connectivity index (χ2n) is 2.44. The fourth-order valence-corrected chi connectivity index (χ4v) is 1.17. The summed E-state index contributed by atoms with van der Waals surface area (Å²) in [5.74, 6) is 0. The summed E-state index contributed by atoms with van der Waals surface area (Å²) in [5.41, 5.74) is 2.54. The van der Waals surface area contributed by atoms with Gasteiger partial charge in [0.05, 0.1) is 0 Å². The van der Waals surface area contributed by atoms with E-state index in [4.69, 9.17) is 0 Å². The molecule has 1 saturated heterocycles. The molecule has 0 amide bonds. The molecule has 11 heavy (non-hydrogen) atoms. The second kappa shape index (κ2) is 3.96. The van der Waals surface area contributed by atoms with Crippen molar-refractivity contribution in [3.05, 3.63) is 23.5 Å². The van der Waals surface area contributed by atoms with Gasteiger partial charge >= 0.3 is 0 Å². The van der Waals surface area contributed by atoms with Crippen molar-refractivity contribution < 1.29 is 0 Å². The Labute approximate surface area is 67.7 Å². The van der Waals surface area contributed by atoms with Gasteiger partial charge in [0, 0.05) is 24.7 Å². The summed E-state index contributed by atoms with van der Waals surface area (Å²) in [5, 5.41) is 3.28. The summed E-state index contributed by atoms with van der Waals surface area (Å²) < 4.78 is 0. The minimum atomic E-state index is 1.05. The molecule has 1 rings (SSSR count). The first-order valence-corrected chi connectivity index (χ1v) is 3.96. The highest BCUT2D eigenvalue weighted by molar-refractivity contribution is 5.54. The fraction of sp³-hybridized carbons (Fsp3) is 0.444. The lowest BCUT2D eigenvalue weighted by atomic mass is 10.2. The van der Waals surface area contributed by atoms with E-state index in [-0.39, 0.29) is 0 Å². The monoisotopic (exact) mass is 150 g/mol. The third kappa shape index (κ3) is 1.93. The van der Waals surface area contributed by atoms with Crippen molar-refractivity contribution in [2.75, 3.05) is 6.54 Å². The van der Waals surface area contributed by atoms with Crippen LogP contribution in [0.3, 0.4) is 0 Å². The molecule has 1 aliphatic heterocycles. The number of nitrogens with zero attached hydrogens (tertiary/aromatic N) is 1. The van der Waals surface area contributed by atoms with E-state index in [1.807, 2.05) is 20.0 Å². The highest BCUT2D eigenvalue weighted by atomic mass is 14.9. The molecule has 0 bridgehead atoms. The molecular weight excluding hydrogens is 136 g/mol. The molecular formula is C9H14N2. The minimum absolute atomic E-state index is 1.05. The van der Waals surface area contributed by atoms with E-state index in [0.29, 0.717) is 0 Å². The standard InChI is InChI=1S/C9H14N2/c1-3-9-8(5-6-11-9)7-10-4-2/h3-4,7,11H,5-6H2,1-2H3/b8-7-,9-3+,10-4-. The maximum atomic E-state index is 4.08. The van der Waals surface area contributed by atoms with Crippen LogP contribution in [0.2, 0.25) is 0 Å². The zero-order valence-electron chi connectivity index (χ0n) is 7.09. The van der Waals surface area contributed by atoms with Gasteiger partial charge in [-0.3, -0.25) is 4.99 Å². The van der Waals surface area contributed by atoms with Gasteiger partial charge in [-0.25, -0.2) is 0 Å². The van der Waals surface area contributed by atoms with E-state index in [0.717, 1.165) is 13.0 Å². The predicted molar refractivity (Wildman–Crippen MR) is 48.6 cm³/mol. The molecule has 0 aromatic rings. The van der Waals surface area contributed by atoms with Crippen LogP contribution >= 0.6 is 0 Å². The zero-order chi connectivity index (χ0) is 8.10. The van der Waals surface area contributed by atoms with Gasteiger partial charge < -0.3 is 5.32 Å². The third-order valence-electron chi connectivity index (χ3n) is 1.72. The predicted octanol–water partition coefficient (Wildman–Crippen LogP) is 1.86. The van der Waals surface area contributed by atoms with Gasteiger partial charge in [-0.1, -0.05) is 6.08 Å². The van der Waals surface area contributed by atoms with Gasteiger partial charge in [0.25, 0.3) is 0 Å². The van der Waals surface area contributed by atoms with Crippen LogP contribution in [-0.4, -0.2) is 12.8 Å². The average molecular weight is 150 g/mol. The Hall–Kier alpha value is -1.05. The Kier molecular flexibility index (Phi) is 2.90. The molecule has 0 aliphatic carbocycles. The fourth-order valence-electron chi connectivity index (χ4n) is 1.17.